The Morgan fingerprint density at radius 1 is 1.31 bits per heavy atom. The first-order valence-electron chi connectivity index (χ1n) is 5.04. The average Bonchev–Trinajstić information content (AvgIpc) is 2.55. The van der Waals surface area contributed by atoms with Crippen molar-refractivity contribution in [1.29, 1.82) is 0 Å². The van der Waals surface area contributed by atoms with Crippen LogP contribution < -0.4 is 5.32 Å². The molecular formula is C11H12N2O3. The van der Waals surface area contributed by atoms with Gasteiger partial charge in [-0.05, 0) is 24.6 Å². The first kappa shape index (κ1) is 10.5. The van der Waals surface area contributed by atoms with E-state index in [0.717, 1.165) is 4.90 Å². The Hall–Kier alpha value is -2.04. The Bertz CT molecular complexity index is 427. The third-order valence-electron chi connectivity index (χ3n) is 2.57. The minimum atomic E-state index is -0.631. The summed E-state index contributed by atoms with van der Waals surface area (Å²) in [4.78, 5) is 24.4. The lowest BCUT2D eigenvalue weighted by Crippen LogP contribution is -2.30. The molecule has 0 bridgehead atoms. The zero-order chi connectivity index (χ0) is 11.7. The fraction of sp³-hybridized carbons (Fsp3) is 0.273. The molecule has 16 heavy (non-hydrogen) atoms. The van der Waals surface area contributed by atoms with E-state index in [1.54, 1.807) is 19.1 Å². The number of benzene rings is 1. The quantitative estimate of drug-likeness (QED) is 0.730. The highest BCUT2D eigenvalue weighted by Gasteiger charge is 2.37. The lowest BCUT2D eigenvalue weighted by Gasteiger charge is -2.09. The molecule has 1 saturated heterocycles. The number of nitrogens with one attached hydrogen (secondary N) is 1. The molecule has 1 heterocycles. The summed E-state index contributed by atoms with van der Waals surface area (Å²) < 4.78 is 0. The molecule has 1 aromatic carbocycles. The molecule has 0 saturated carbocycles. The molecular weight excluding hydrogens is 208 g/mol. The summed E-state index contributed by atoms with van der Waals surface area (Å²) in [5.41, 5.74) is 0.673. The second-order valence-corrected chi connectivity index (χ2v) is 3.56. The Labute approximate surface area is 92.7 Å². The summed E-state index contributed by atoms with van der Waals surface area (Å²) >= 11 is 0. The monoisotopic (exact) mass is 220 g/mol. The number of phenolic OH excluding ortho intramolecular Hbond substituents is 1. The van der Waals surface area contributed by atoms with Gasteiger partial charge in [0.25, 0.3) is 5.91 Å². The van der Waals surface area contributed by atoms with Gasteiger partial charge in [-0.2, -0.15) is 0 Å². The maximum absolute atomic E-state index is 11.8. The van der Waals surface area contributed by atoms with Crippen molar-refractivity contribution >= 4 is 11.9 Å². The first-order valence-corrected chi connectivity index (χ1v) is 5.04. The van der Waals surface area contributed by atoms with Crippen molar-refractivity contribution in [2.45, 2.75) is 13.0 Å². The van der Waals surface area contributed by atoms with Crippen LogP contribution in [0.25, 0.3) is 0 Å². The Morgan fingerprint density at radius 3 is 2.44 bits per heavy atom. The van der Waals surface area contributed by atoms with Gasteiger partial charge in [-0.25, -0.2) is 4.79 Å². The maximum atomic E-state index is 11.8. The van der Waals surface area contributed by atoms with Crippen LogP contribution in [0, 0.1) is 0 Å². The highest BCUT2D eigenvalue weighted by Crippen LogP contribution is 2.23. The van der Waals surface area contributed by atoms with E-state index in [0.29, 0.717) is 12.1 Å². The van der Waals surface area contributed by atoms with Gasteiger partial charge in [-0.1, -0.05) is 12.1 Å². The Morgan fingerprint density at radius 2 is 1.94 bits per heavy atom. The summed E-state index contributed by atoms with van der Waals surface area (Å²) in [7, 11) is 0. The van der Waals surface area contributed by atoms with Crippen LogP contribution in [0.2, 0.25) is 0 Å². The molecule has 1 aliphatic rings. The molecule has 0 aromatic heterocycles. The summed E-state index contributed by atoms with van der Waals surface area (Å²) in [6.07, 6.45) is 0. The molecule has 1 unspecified atom stereocenters. The number of phenols is 1. The summed E-state index contributed by atoms with van der Waals surface area (Å²) in [5.74, 6) is -0.119. The minimum absolute atomic E-state index is 0.132. The number of urea groups is 1. The van der Waals surface area contributed by atoms with Crippen LogP contribution in [0.1, 0.15) is 18.5 Å². The second-order valence-electron chi connectivity index (χ2n) is 3.56. The predicted octanol–water partition coefficient (Wildman–Crippen LogP) is 1.00. The third kappa shape index (κ3) is 1.60. The smallest absolute Gasteiger partial charge is 0.325 e. The van der Waals surface area contributed by atoms with Crippen molar-refractivity contribution in [3.8, 4) is 5.75 Å². The van der Waals surface area contributed by atoms with Crippen LogP contribution in [0.15, 0.2) is 24.3 Å². The van der Waals surface area contributed by atoms with E-state index in [-0.39, 0.29) is 17.7 Å². The fourth-order valence-corrected chi connectivity index (χ4v) is 1.71. The van der Waals surface area contributed by atoms with Gasteiger partial charge in [0.2, 0.25) is 0 Å². The minimum Gasteiger partial charge on any atom is -0.508 e. The zero-order valence-corrected chi connectivity index (χ0v) is 8.80. The van der Waals surface area contributed by atoms with Gasteiger partial charge >= 0.3 is 6.03 Å². The Balaban J connectivity index is 2.27. The molecule has 2 N–H and O–H groups in total. The van der Waals surface area contributed by atoms with Crippen molar-refractivity contribution in [3.05, 3.63) is 29.8 Å². The third-order valence-corrected chi connectivity index (χ3v) is 2.57. The molecule has 3 amide bonds. The SMILES string of the molecule is CCN1C(=O)NC(c2ccc(O)cc2)C1=O. The largest absolute Gasteiger partial charge is 0.508 e. The van der Waals surface area contributed by atoms with Gasteiger partial charge in [0.1, 0.15) is 11.8 Å². The number of likely N-dealkylation sites (N-methyl/N-ethyl adjacent to an activating group) is 1. The first-order chi connectivity index (χ1) is 7.63. The molecule has 0 radical (unpaired) electrons. The van der Waals surface area contributed by atoms with E-state index in [9.17, 15) is 9.59 Å². The van der Waals surface area contributed by atoms with E-state index in [1.807, 2.05) is 0 Å². The van der Waals surface area contributed by atoms with Gasteiger partial charge in [0, 0.05) is 6.54 Å². The van der Waals surface area contributed by atoms with Gasteiger partial charge in [0.05, 0.1) is 0 Å². The van der Waals surface area contributed by atoms with Gasteiger partial charge in [0.15, 0.2) is 0 Å². The molecule has 1 aliphatic heterocycles. The van der Waals surface area contributed by atoms with Gasteiger partial charge < -0.3 is 10.4 Å². The van der Waals surface area contributed by atoms with E-state index in [1.165, 1.54) is 12.1 Å². The number of nitrogens with zero attached hydrogens (tertiary/aromatic N) is 1. The van der Waals surface area contributed by atoms with Crippen LogP contribution >= 0.6 is 0 Å². The fourth-order valence-electron chi connectivity index (χ4n) is 1.71. The molecule has 84 valence electrons. The summed E-state index contributed by atoms with van der Waals surface area (Å²) in [6.45, 7) is 2.11. The number of carbonyl (C=O) groups is 2. The normalized spacial score (nSPS) is 20.1. The second kappa shape index (κ2) is 3.84. The van der Waals surface area contributed by atoms with Gasteiger partial charge in [-0.15, -0.1) is 0 Å². The maximum Gasteiger partial charge on any atom is 0.325 e. The van der Waals surface area contributed by atoms with E-state index < -0.39 is 6.04 Å². The van der Waals surface area contributed by atoms with Crippen molar-refractivity contribution in [2.75, 3.05) is 6.54 Å². The van der Waals surface area contributed by atoms with Gasteiger partial charge in [-0.3, -0.25) is 9.69 Å². The zero-order valence-electron chi connectivity index (χ0n) is 8.80. The number of aromatic hydroxyl groups is 1. The van der Waals surface area contributed by atoms with Crippen molar-refractivity contribution in [2.24, 2.45) is 0 Å². The summed E-state index contributed by atoms with van der Waals surface area (Å²) in [6, 6.07) is 5.22. The molecule has 1 fully saturated rings. The number of hydrogen-bond acceptors (Lipinski definition) is 3. The highest BCUT2D eigenvalue weighted by molar-refractivity contribution is 6.04. The summed E-state index contributed by atoms with van der Waals surface area (Å²) in [5, 5.41) is 11.7. The van der Waals surface area contributed by atoms with Crippen LogP contribution in [0.5, 0.6) is 5.75 Å². The van der Waals surface area contributed by atoms with Crippen molar-refractivity contribution in [1.82, 2.24) is 10.2 Å². The number of hydrogen-bond donors (Lipinski definition) is 2. The number of rotatable bonds is 2. The van der Waals surface area contributed by atoms with E-state index >= 15 is 0 Å². The number of carbonyl (C=O) groups excluding carboxylic acids is 2. The average molecular weight is 220 g/mol. The molecule has 0 spiro atoms. The van der Waals surface area contributed by atoms with Crippen molar-refractivity contribution in [3.63, 3.8) is 0 Å². The molecule has 5 nitrogen and oxygen atoms in total. The lowest BCUT2D eigenvalue weighted by atomic mass is 10.1. The molecule has 2 rings (SSSR count). The molecule has 0 aliphatic carbocycles. The Kier molecular flexibility index (Phi) is 2.52. The highest BCUT2D eigenvalue weighted by atomic mass is 16.3. The molecule has 5 heteroatoms. The standard InChI is InChI=1S/C11H12N2O3/c1-2-13-10(15)9(12-11(13)16)7-3-5-8(14)6-4-7/h3-6,9,14H,2H2,1H3,(H,12,16). The van der Waals surface area contributed by atoms with Crippen LogP contribution in [0.4, 0.5) is 4.79 Å². The number of imide groups is 1. The lowest BCUT2D eigenvalue weighted by molar-refractivity contribution is -0.127. The topological polar surface area (TPSA) is 69.6 Å². The van der Waals surface area contributed by atoms with Crippen LogP contribution in [-0.4, -0.2) is 28.5 Å². The van der Waals surface area contributed by atoms with E-state index in [2.05, 4.69) is 5.32 Å². The molecule has 1 aromatic rings. The predicted molar refractivity (Wildman–Crippen MR) is 56.8 cm³/mol. The number of amides is 3. The molecule has 1 atom stereocenters. The van der Waals surface area contributed by atoms with Crippen LogP contribution in [0.3, 0.4) is 0 Å². The van der Waals surface area contributed by atoms with E-state index in [4.69, 9.17) is 5.11 Å². The van der Waals surface area contributed by atoms with Crippen LogP contribution in [-0.2, 0) is 4.79 Å². The van der Waals surface area contributed by atoms with Crippen molar-refractivity contribution < 1.29 is 14.7 Å².